The average molecular weight is 434 g/mol. The highest BCUT2D eigenvalue weighted by molar-refractivity contribution is 5.72. The van der Waals surface area contributed by atoms with Crippen LogP contribution in [0.5, 0.6) is 5.75 Å². The Morgan fingerprint density at radius 2 is 1.59 bits per heavy atom. The molecule has 3 aromatic carbocycles. The van der Waals surface area contributed by atoms with Crippen LogP contribution in [-0.2, 0) is 27.4 Å². The van der Waals surface area contributed by atoms with Gasteiger partial charge in [-0.05, 0) is 30.2 Å². The average Bonchev–Trinajstić information content (AvgIpc) is 2.83. The molecule has 0 radical (unpaired) electrons. The summed E-state index contributed by atoms with van der Waals surface area (Å²) in [5, 5.41) is 9.24. The lowest BCUT2D eigenvalue weighted by atomic mass is 10.1. The number of hydrogen-bond acceptors (Lipinski definition) is 5. The van der Waals surface area contributed by atoms with E-state index in [1.807, 2.05) is 72.8 Å². The highest BCUT2D eigenvalue weighted by Gasteiger charge is 2.17. The molecule has 1 unspecified atom stereocenters. The minimum atomic E-state index is -0.968. The number of carboxylic acid groups (broad SMARTS) is 1. The van der Waals surface area contributed by atoms with Crippen LogP contribution in [0.4, 0.5) is 0 Å². The van der Waals surface area contributed by atoms with E-state index in [0.29, 0.717) is 31.1 Å². The molecule has 3 rings (SSSR count). The number of aliphatic carboxylic acids is 1. The Morgan fingerprint density at radius 1 is 0.938 bits per heavy atom. The number of hydrogen-bond donors (Lipinski definition) is 2. The number of carboxylic acids is 1. The smallest absolute Gasteiger partial charge is 0.333 e. The number of nitrogens with one attached hydrogen (secondary N) is 1. The van der Waals surface area contributed by atoms with Crippen molar-refractivity contribution in [2.24, 2.45) is 0 Å². The van der Waals surface area contributed by atoms with E-state index in [0.717, 1.165) is 16.7 Å². The Hall–Kier alpha value is -3.61. The summed E-state index contributed by atoms with van der Waals surface area (Å²) in [6.07, 6.45) is 1.03. The standard InChI is InChI=1S/C26H27NO5/c1-2-30-25(26(28)29)17-20-13-15-23(16-14-20)31-19-24(22-11-7-4-8-12-22)27-32-18-21-9-5-3-6-10-21/h3-16,19,25,27H,2,17-18H2,1H3,(H,28,29). The van der Waals surface area contributed by atoms with Crippen LogP contribution in [0.2, 0.25) is 0 Å². The van der Waals surface area contributed by atoms with Crippen molar-refractivity contribution in [1.29, 1.82) is 0 Å². The van der Waals surface area contributed by atoms with Gasteiger partial charge >= 0.3 is 5.97 Å². The van der Waals surface area contributed by atoms with Crippen molar-refractivity contribution in [2.45, 2.75) is 26.1 Å². The van der Waals surface area contributed by atoms with Crippen LogP contribution in [0.15, 0.2) is 91.2 Å². The lowest BCUT2D eigenvalue weighted by molar-refractivity contribution is -0.149. The van der Waals surface area contributed by atoms with E-state index in [-0.39, 0.29) is 0 Å². The third-order valence-corrected chi connectivity index (χ3v) is 4.65. The molecule has 0 amide bonds. The third kappa shape index (κ3) is 7.27. The van der Waals surface area contributed by atoms with Gasteiger partial charge in [0.15, 0.2) is 6.10 Å². The predicted octanol–water partition coefficient (Wildman–Crippen LogP) is 4.82. The fraction of sp³-hybridized carbons (Fsp3) is 0.192. The second-order valence-corrected chi connectivity index (χ2v) is 7.02. The fourth-order valence-corrected chi connectivity index (χ4v) is 3.00. The van der Waals surface area contributed by atoms with Crippen LogP contribution >= 0.6 is 0 Å². The number of ether oxygens (including phenoxy) is 2. The maximum atomic E-state index is 11.3. The Balaban J connectivity index is 1.64. The molecule has 1 atom stereocenters. The number of hydroxylamine groups is 1. The van der Waals surface area contributed by atoms with Gasteiger partial charge in [-0.3, -0.25) is 10.3 Å². The SMILES string of the molecule is CCOC(Cc1ccc(OC=C(NOCc2ccccc2)c2ccccc2)cc1)C(=O)O. The van der Waals surface area contributed by atoms with Crippen LogP contribution in [0, 0.1) is 0 Å². The molecule has 0 heterocycles. The van der Waals surface area contributed by atoms with Crippen LogP contribution in [0.1, 0.15) is 23.6 Å². The lowest BCUT2D eigenvalue weighted by Crippen LogP contribution is -2.26. The van der Waals surface area contributed by atoms with Crippen molar-refractivity contribution in [3.63, 3.8) is 0 Å². The summed E-state index contributed by atoms with van der Waals surface area (Å²) in [5.41, 5.74) is 6.47. The first-order valence-electron chi connectivity index (χ1n) is 10.4. The molecule has 0 aliphatic heterocycles. The monoisotopic (exact) mass is 433 g/mol. The second-order valence-electron chi connectivity index (χ2n) is 7.02. The summed E-state index contributed by atoms with van der Waals surface area (Å²) < 4.78 is 11.1. The molecule has 32 heavy (non-hydrogen) atoms. The lowest BCUT2D eigenvalue weighted by Gasteiger charge is -2.13. The van der Waals surface area contributed by atoms with Gasteiger partial charge in [0.2, 0.25) is 0 Å². The van der Waals surface area contributed by atoms with Crippen molar-refractivity contribution in [3.8, 4) is 5.75 Å². The molecule has 2 N–H and O–H groups in total. The van der Waals surface area contributed by atoms with Gasteiger partial charge < -0.3 is 14.6 Å². The van der Waals surface area contributed by atoms with Crippen LogP contribution in [0.25, 0.3) is 5.70 Å². The van der Waals surface area contributed by atoms with Crippen LogP contribution < -0.4 is 10.2 Å². The molecule has 3 aromatic rings. The Morgan fingerprint density at radius 3 is 2.22 bits per heavy atom. The molecule has 6 heteroatoms. The minimum absolute atomic E-state index is 0.295. The van der Waals surface area contributed by atoms with Crippen LogP contribution in [-0.4, -0.2) is 23.8 Å². The summed E-state index contributed by atoms with van der Waals surface area (Å²) in [6.45, 7) is 2.54. The summed E-state index contributed by atoms with van der Waals surface area (Å²) in [7, 11) is 0. The van der Waals surface area contributed by atoms with Gasteiger partial charge in [-0.2, -0.15) is 0 Å². The highest BCUT2D eigenvalue weighted by atomic mass is 16.6. The maximum absolute atomic E-state index is 11.3. The molecule has 0 spiro atoms. The van der Waals surface area contributed by atoms with Gasteiger partial charge in [0.05, 0.1) is 6.61 Å². The van der Waals surface area contributed by atoms with Gasteiger partial charge in [-0.25, -0.2) is 4.79 Å². The zero-order chi connectivity index (χ0) is 22.6. The zero-order valence-electron chi connectivity index (χ0n) is 17.9. The van der Waals surface area contributed by atoms with Crippen molar-refractivity contribution >= 4 is 11.7 Å². The van der Waals surface area contributed by atoms with E-state index >= 15 is 0 Å². The molecule has 6 nitrogen and oxygen atoms in total. The fourth-order valence-electron chi connectivity index (χ4n) is 3.00. The number of benzene rings is 3. The van der Waals surface area contributed by atoms with E-state index < -0.39 is 12.1 Å². The van der Waals surface area contributed by atoms with E-state index in [2.05, 4.69) is 5.48 Å². The zero-order valence-corrected chi connectivity index (χ0v) is 17.9. The van der Waals surface area contributed by atoms with E-state index in [1.165, 1.54) is 0 Å². The summed E-state index contributed by atoms with van der Waals surface area (Å²) in [5.74, 6) is -0.348. The molecule has 166 valence electrons. The molecule has 0 aromatic heterocycles. The largest absolute Gasteiger partial charge is 0.479 e. The Labute approximate surface area is 188 Å². The topological polar surface area (TPSA) is 77.0 Å². The van der Waals surface area contributed by atoms with Gasteiger partial charge in [0, 0.05) is 18.6 Å². The quantitative estimate of drug-likeness (QED) is 0.315. The first-order valence-corrected chi connectivity index (χ1v) is 10.4. The Kier molecular flexibility index (Phi) is 8.86. The molecule has 0 saturated carbocycles. The second kappa shape index (κ2) is 12.3. The predicted molar refractivity (Wildman–Crippen MR) is 123 cm³/mol. The molecule has 0 fully saturated rings. The van der Waals surface area contributed by atoms with Crippen molar-refractivity contribution in [2.75, 3.05) is 6.61 Å². The number of rotatable bonds is 12. The molecule has 0 aliphatic carbocycles. The van der Waals surface area contributed by atoms with Gasteiger partial charge in [-0.1, -0.05) is 72.8 Å². The Bertz CT molecular complexity index is 988. The van der Waals surface area contributed by atoms with E-state index in [1.54, 1.807) is 25.3 Å². The van der Waals surface area contributed by atoms with Crippen LogP contribution in [0.3, 0.4) is 0 Å². The first-order chi connectivity index (χ1) is 15.7. The highest BCUT2D eigenvalue weighted by Crippen LogP contribution is 2.18. The van der Waals surface area contributed by atoms with E-state index in [9.17, 15) is 9.90 Å². The van der Waals surface area contributed by atoms with Gasteiger partial charge in [0.1, 0.15) is 17.7 Å². The maximum Gasteiger partial charge on any atom is 0.333 e. The summed E-state index contributed by atoms with van der Waals surface area (Å²) in [6, 6.07) is 26.9. The molecular formula is C26H27NO5. The first kappa shape index (κ1) is 23.1. The normalized spacial score (nSPS) is 12.2. The summed E-state index contributed by atoms with van der Waals surface area (Å²) in [4.78, 5) is 16.9. The molecule has 0 bridgehead atoms. The third-order valence-electron chi connectivity index (χ3n) is 4.65. The van der Waals surface area contributed by atoms with Gasteiger partial charge in [0.25, 0.3) is 0 Å². The number of carbonyl (C=O) groups is 1. The van der Waals surface area contributed by atoms with Crippen molar-refractivity contribution in [1.82, 2.24) is 5.48 Å². The molecular weight excluding hydrogens is 406 g/mol. The minimum Gasteiger partial charge on any atom is -0.479 e. The molecule has 0 aliphatic rings. The van der Waals surface area contributed by atoms with Crippen molar-refractivity contribution in [3.05, 3.63) is 108 Å². The summed E-state index contributed by atoms with van der Waals surface area (Å²) >= 11 is 0. The van der Waals surface area contributed by atoms with E-state index in [4.69, 9.17) is 14.3 Å². The van der Waals surface area contributed by atoms with Gasteiger partial charge in [-0.15, -0.1) is 0 Å². The van der Waals surface area contributed by atoms with Crippen molar-refractivity contribution < 1.29 is 24.2 Å². The molecule has 0 saturated heterocycles.